The van der Waals surface area contributed by atoms with E-state index in [-0.39, 0.29) is 24.8 Å². The van der Waals surface area contributed by atoms with Gasteiger partial charge in [0.2, 0.25) is 0 Å². The molecule has 6 aromatic rings. The highest BCUT2D eigenvalue weighted by Crippen LogP contribution is 2.44. The van der Waals surface area contributed by atoms with Crippen molar-refractivity contribution < 1.29 is 37.7 Å². The van der Waals surface area contributed by atoms with Gasteiger partial charge in [0, 0.05) is 16.5 Å². The molecule has 1 aliphatic rings. The molecule has 4 aromatic carbocycles. The van der Waals surface area contributed by atoms with Crippen LogP contribution in [0.5, 0.6) is 11.5 Å². The first-order valence-corrected chi connectivity index (χ1v) is 17.5. The van der Waals surface area contributed by atoms with E-state index in [1.807, 2.05) is 84.9 Å². The van der Waals surface area contributed by atoms with Gasteiger partial charge >= 0.3 is 8.25 Å². The van der Waals surface area contributed by atoms with Crippen LogP contribution in [0.3, 0.4) is 0 Å². The Kier molecular flexibility index (Phi) is 10.3. The number of methoxy groups -OCH3 is 2. The van der Waals surface area contributed by atoms with E-state index < -0.39 is 32.3 Å². The van der Waals surface area contributed by atoms with Gasteiger partial charge in [-0.05, 0) is 53.1 Å². The van der Waals surface area contributed by atoms with Crippen LogP contribution in [-0.2, 0) is 24.2 Å². The number of fused-ring (bicyclic) bond motifs is 1. The van der Waals surface area contributed by atoms with Gasteiger partial charge in [-0.25, -0.2) is 15.0 Å². The highest BCUT2D eigenvalue weighted by Gasteiger charge is 2.46. The molecule has 0 bridgehead atoms. The highest BCUT2D eigenvalue weighted by atomic mass is 31.1. The number of aromatic nitrogens is 4. The van der Waals surface area contributed by atoms with Crippen molar-refractivity contribution in [1.29, 1.82) is 0 Å². The molecule has 2 N–H and O–H groups in total. The third-order valence-electron chi connectivity index (χ3n) is 8.98. The Hall–Kier alpha value is -5.56. The molecule has 0 aliphatic carbocycles. The van der Waals surface area contributed by atoms with E-state index in [2.05, 4.69) is 20.3 Å². The summed E-state index contributed by atoms with van der Waals surface area (Å²) in [6.07, 6.45) is 0.694. The molecule has 4 atom stereocenters. The highest BCUT2D eigenvalue weighted by molar-refractivity contribution is 7.32. The van der Waals surface area contributed by atoms with E-state index >= 15 is 0 Å². The molecule has 1 saturated heterocycles. The Morgan fingerprint density at radius 1 is 0.865 bits per heavy atom. The molecule has 0 spiro atoms. The van der Waals surface area contributed by atoms with Crippen molar-refractivity contribution >= 4 is 31.1 Å². The van der Waals surface area contributed by atoms with Crippen molar-refractivity contribution in [3.8, 4) is 11.5 Å². The lowest BCUT2D eigenvalue weighted by molar-refractivity contribution is -0.0903. The lowest BCUT2D eigenvalue weighted by Gasteiger charge is -2.37. The number of hydrogen-bond donors (Lipinski definition) is 2. The average Bonchev–Trinajstić information content (AvgIpc) is 3.80. The fourth-order valence-electron chi connectivity index (χ4n) is 6.45. The smallest absolute Gasteiger partial charge is 0.497 e. The van der Waals surface area contributed by atoms with E-state index in [9.17, 15) is 14.3 Å². The van der Waals surface area contributed by atoms with Crippen molar-refractivity contribution in [3.05, 3.63) is 144 Å². The summed E-state index contributed by atoms with van der Waals surface area (Å²) in [5.41, 5.74) is 2.51. The van der Waals surface area contributed by atoms with Gasteiger partial charge in [-0.3, -0.25) is 9.36 Å². The van der Waals surface area contributed by atoms with Gasteiger partial charge in [0.1, 0.15) is 41.9 Å². The average molecular weight is 721 g/mol. The van der Waals surface area contributed by atoms with Gasteiger partial charge in [0.05, 0.1) is 27.2 Å². The number of nitrogens with one attached hydrogen (secondary N) is 1. The number of anilines is 1. The predicted molar refractivity (Wildman–Crippen MR) is 191 cm³/mol. The van der Waals surface area contributed by atoms with Gasteiger partial charge in [0.25, 0.3) is 5.91 Å². The number of amides is 1. The van der Waals surface area contributed by atoms with Crippen molar-refractivity contribution in [2.75, 3.05) is 26.1 Å². The maximum absolute atomic E-state index is 12.9. The summed E-state index contributed by atoms with van der Waals surface area (Å²) in [6, 6.07) is 33.8. The van der Waals surface area contributed by atoms with Gasteiger partial charge in [-0.1, -0.05) is 72.8 Å². The van der Waals surface area contributed by atoms with Gasteiger partial charge < -0.3 is 24.3 Å². The van der Waals surface area contributed by atoms with E-state index in [4.69, 9.17) is 23.5 Å². The molecule has 0 radical (unpaired) electrons. The molecule has 13 nitrogen and oxygen atoms in total. The van der Waals surface area contributed by atoms with Crippen LogP contribution in [0.1, 0.15) is 39.7 Å². The minimum atomic E-state index is -2.98. The number of benzene rings is 4. The molecule has 14 heteroatoms. The lowest BCUT2D eigenvalue weighted by atomic mass is 9.80. The Morgan fingerprint density at radius 3 is 2.06 bits per heavy atom. The van der Waals surface area contributed by atoms with Crippen LogP contribution in [0.2, 0.25) is 0 Å². The number of nitrogens with zero attached hydrogens (tertiary/aromatic N) is 4. The molecule has 3 heterocycles. The third kappa shape index (κ3) is 7.00. The summed E-state index contributed by atoms with van der Waals surface area (Å²) in [5, 5.41) is 2.81. The van der Waals surface area contributed by atoms with E-state index in [0.29, 0.717) is 28.2 Å². The molecular formula is C38H35N5O8P+. The molecule has 1 unspecified atom stereocenters. The zero-order valence-corrected chi connectivity index (χ0v) is 29.1. The Balaban J connectivity index is 1.22. The van der Waals surface area contributed by atoms with Crippen molar-refractivity contribution in [2.45, 2.75) is 30.5 Å². The van der Waals surface area contributed by atoms with E-state index in [0.717, 1.165) is 16.7 Å². The van der Waals surface area contributed by atoms with E-state index in [1.54, 1.807) is 43.1 Å². The monoisotopic (exact) mass is 720 g/mol. The molecule has 7 rings (SSSR count). The van der Waals surface area contributed by atoms with Gasteiger partial charge in [0.15, 0.2) is 17.0 Å². The number of hydrogen-bond acceptors (Lipinski definition) is 10. The molecule has 1 aliphatic heterocycles. The van der Waals surface area contributed by atoms with Crippen molar-refractivity contribution in [2.24, 2.45) is 0 Å². The van der Waals surface area contributed by atoms with Crippen LogP contribution in [0.4, 0.5) is 5.82 Å². The maximum Gasteiger partial charge on any atom is 0.695 e. The summed E-state index contributed by atoms with van der Waals surface area (Å²) >= 11 is 0. The number of ether oxygens (including phenoxy) is 4. The van der Waals surface area contributed by atoms with Crippen LogP contribution in [0.25, 0.3) is 11.2 Å². The summed E-state index contributed by atoms with van der Waals surface area (Å²) < 4.78 is 43.8. The van der Waals surface area contributed by atoms with Gasteiger partial charge in [-0.15, -0.1) is 9.42 Å². The number of carbonyl (C=O) groups excluding carboxylic acids is 1. The second-order valence-electron chi connectivity index (χ2n) is 11.9. The van der Waals surface area contributed by atoms with Crippen LogP contribution < -0.4 is 14.8 Å². The predicted octanol–water partition coefficient (Wildman–Crippen LogP) is 6.43. The topological polar surface area (TPSA) is 156 Å². The van der Waals surface area contributed by atoms with Crippen LogP contribution in [-0.4, -0.2) is 63.4 Å². The first kappa shape index (κ1) is 34.9. The molecule has 1 amide bonds. The third-order valence-corrected chi connectivity index (χ3v) is 9.43. The zero-order valence-electron chi connectivity index (χ0n) is 28.2. The number of imidazole rings is 1. The fourth-order valence-corrected chi connectivity index (χ4v) is 6.91. The molecule has 2 aromatic heterocycles. The van der Waals surface area contributed by atoms with Crippen molar-refractivity contribution in [1.82, 2.24) is 19.5 Å². The molecule has 0 saturated carbocycles. The summed E-state index contributed by atoms with van der Waals surface area (Å²) in [5.74, 6) is 1.25. The molecule has 52 heavy (non-hydrogen) atoms. The first-order chi connectivity index (χ1) is 25.4. The normalized spacial score (nSPS) is 17.5. The fraction of sp³-hybridized carbons (Fsp3) is 0.211. The standard InChI is InChI=1S/C38H34N5O8P/c1-47-29-17-13-27(14-18-29)38(26-11-7-4-8-12-26,28-15-19-30(48-2)20-16-28)49-22-32-31(51-52(45)46)21-33(50-32)43-24-41-34-35(39-23-40-36(34)43)42-37(44)25-9-5-3-6-10-25/h3-20,23-24,31-33H,21-22H2,1-2H3,(H-,39,40,42,44,45,46)/p+1/t31-,32-,33-/m1/s1. The molecular weight excluding hydrogens is 685 g/mol. The summed E-state index contributed by atoms with van der Waals surface area (Å²) in [4.78, 5) is 36.0. The second-order valence-corrected chi connectivity index (χ2v) is 12.6. The zero-order chi connectivity index (χ0) is 36.1. The summed E-state index contributed by atoms with van der Waals surface area (Å²) in [6.45, 7) is -0.0444. The Labute approximate surface area is 300 Å². The maximum atomic E-state index is 12.9. The second kappa shape index (κ2) is 15.4. The molecule has 1 fully saturated rings. The minimum absolute atomic E-state index is 0.0444. The quantitative estimate of drug-likeness (QED) is 0.100. The molecule has 264 valence electrons. The minimum Gasteiger partial charge on any atom is -0.497 e. The van der Waals surface area contributed by atoms with Crippen LogP contribution in [0.15, 0.2) is 122 Å². The van der Waals surface area contributed by atoms with E-state index in [1.165, 1.54) is 12.7 Å². The Morgan fingerprint density at radius 2 is 1.46 bits per heavy atom. The largest absolute Gasteiger partial charge is 0.695 e. The lowest BCUT2D eigenvalue weighted by Crippen LogP contribution is -2.38. The number of carbonyl (C=O) groups is 1. The summed E-state index contributed by atoms with van der Waals surface area (Å²) in [7, 11) is 0.236. The van der Waals surface area contributed by atoms with Gasteiger partial charge in [-0.2, -0.15) is 0 Å². The SMILES string of the molecule is COc1ccc(C(OC[C@H]2O[C@@H](n3cnc4c(NC(=O)c5ccccc5)ncnc43)C[C@H]2O[P+](=O)O)(c2ccccc2)c2ccc(OC)cc2)cc1. The number of rotatable bonds is 13. The first-order valence-electron chi connectivity index (χ1n) is 16.4. The van der Waals surface area contributed by atoms with Crippen molar-refractivity contribution in [3.63, 3.8) is 0 Å². The Bertz CT molecular complexity index is 2100. The van der Waals surface area contributed by atoms with Crippen LogP contribution in [0, 0.1) is 0 Å². The van der Waals surface area contributed by atoms with Crippen LogP contribution >= 0.6 is 8.25 Å².